The molecule has 1 aliphatic rings. The second-order valence-electron chi connectivity index (χ2n) is 6.33. The smallest absolute Gasteiger partial charge is 0.270 e. The van der Waals surface area contributed by atoms with E-state index in [1.807, 2.05) is 49.1 Å². The summed E-state index contributed by atoms with van der Waals surface area (Å²) in [6.45, 7) is 7.15. The Bertz CT molecular complexity index is 833. The summed E-state index contributed by atoms with van der Waals surface area (Å²) in [7, 11) is 0. The highest BCUT2D eigenvalue weighted by Crippen LogP contribution is 2.24. The van der Waals surface area contributed by atoms with Crippen LogP contribution in [0.2, 0.25) is 0 Å². The van der Waals surface area contributed by atoms with Crippen molar-refractivity contribution in [2.45, 2.75) is 13.8 Å². The van der Waals surface area contributed by atoms with Crippen molar-refractivity contribution in [3.8, 4) is 0 Å². The van der Waals surface area contributed by atoms with Gasteiger partial charge >= 0.3 is 0 Å². The lowest BCUT2D eigenvalue weighted by Crippen LogP contribution is -2.49. The standard InChI is InChI=1S/C18H21N5O/c1-12-17(13(2)21-20-12)22-7-9-23(10-8-22)18(24)16-11-14-5-3-4-6-15(14)19-16/h3-6,11,19H,7-10H2,1-2H3,(H,20,21). The lowest BCUT2D eigenvalue weighted by molar-refractivity contribution is 0.0742. The Balaban J connectivity index is 1.48. The number of piperazine rings is 1. The molecule has 0 bridgehead atoms. The molecule has 1 amide bonds. The van der Waals surface area contributed by atoms with E-state index in [-0.39, 0.29) is 5.91 Å². The molecule has 0 aliphatic carbocycles. The number of aromatic amines is 2. The number of hydrogen-bond acceptors (Lipinski definition) is 3. The molecule has 1 saturated heterocycles. The van der Waals surface area contributed by atoms with Gasteiger partial charge in [-0.25, -0.2) is 0 Å². The van der Waals surface area contributed by atoms with Gasteiger partial charge in [-0.05, 0) is 26.0 Å². The fraction of sp³-hybridized carbons (Fsp3) is 0.333. The van der Waals surface area contributed by atoms with Gasteiger partial charge in [0.15, 0.2) is 0 Å². The van der Waals surface area contributed by atoms with Gasteiger partial charge in [0.05, 0.1) is 17.1 Å². The number of benzene rings is 1. The van der Waals surface area contributed by atoms with Crippen LogP contribution in [0, 0.1) is 13.8 Å². The highest BCUT2D eigenvalue weighted by Gasteiger charge is 2.25. The molecule has 2 N–H and O–H groups in total. The zero-order valence-electron chi connectivity index (χ0n) is 14.0. The molecule has 6 heteroatoms. The van der Waals surface area contributed by atoms with Crippen molar-refractivity contribution < 1.29 is 4.79 Å². The molecule has 1 fully saturated rings. The van der Waals surface area contributed by atoms with Crippen molar-refractivity contribution in [2.75, 3.05) is 31.1 Å². The van der Waals surface area contributed by atoms with Crippen LogP contribution in [-0.4, -0.2) is 52.2 Å². The lowest BCUT2D eigenvalue weighted by Gasteiger charge is -2.36. The van der Waals surface area contributed by atoms with E-state index in [9.17, 15) is 4.79 Å². The number of nitrogens with zero attached hydrogens (tertiary/aromatic N) is 3. The van der Waals surface area contributed by atoms with Gasteiger partial charge in [0.1, 0.15) is 5.69 Å². The van der Waals surface area contributed by atoms with E-state index in [2.05, 4.69) is 20.1 Å². The quantitative estimate of drug-likeness (QED) is 0.761. The molecule has 3 aromatic rings. The van der Waals surface area contributed by atoms with Crippen molar-refractivity contribution in [3.05, 3.63) is 47.4 Å². The molecule has 0 unspecified atom stereocenters. The highest BCUT2D eigenvalue weighted by molar-refractivity contribution is 5.98. The van der Waals surface area contributed by atoms with Gasteiger partial charge in [-0.2, -0.15) is 5.10 Å². The Labute approximate surface area is 140 Å². The molecule has 4 rings (SSSR count). The van der Waals surface area contributed by atoms with Crippen molar-refractivity contribution in [1.29, 1.82) is 0 Å². The molecule has 6 nitrogen and oxygen atoms in total. The molecule has 1 aromatic carbocycles. The van der Waals surface area contributed by atoms with Gasteiger partial charge in [0, 0.05) is 37.1 Å². The summed E-state index contributed by atoms with van der Waals surface area (Å²) in [5, 5.41) is 8.37. The van der Waals surface area contributed by atoms with Crippen molar-refractivity contribution in [2.24, 2.45) is 0 Å². The van der Waals surface area contributed by atoms with E-state index >= 15 is 0 Å². The Morgan fingerprint density at radius 2 is 1.88 bits per heavy atom. The Kier molecular flexibility index (Phi) is 3.52. The molecule has 0 spiro atoms. The summed E-state index contributed by atoms with van der Waals surface area (Å²) in [5.74, 6) is 0.0755. The summed E-state index contributed by atoms with van der Waals surface area (Å²) in [5.41, 5.74) is 4.95. The van der Waals surface area contributed by atoms with Crippen LogP contribution in [0.1, 0.15) is 21.9 Å². The minimum absolute atomic E-state index is 0.0755. The first-order valence-corrected chi connectivity index (χ1v) is 8.27. The number of carbonyl (C=O) groups excluding carboxylic acids is 1. The molecule has 0 radical (unpaired) electrons. The number of fused-ring (bicyclic) bond motifs is 1. The summed E-state index contributed by atoms with van der Waals surface area (Å²) in [6, 6.07) is 9.91. The summed E-state index contributed by atoms with van der Waals surface area (Å²) >= 11 is 0. The van der Waals surface area contributed by atoms with Gasteiger partial charge < -0.3 is 14.8 Å². The third-order valence-electron chi connectivity index (χ3n) is 4.73. The predicted molar refractivity (Wildman–Crippen MR) is 94.5 cm³/mol. The van der Waals surface area contributed by atoms with Crippen LogP contribution in [0.4, 0.5) is 5.69 Å². The lowest BCUT2D eigenvalue weighted by atomic mass is 10.2. The van der Waals surface area contributed by atoms with Gasteiger partial charge in [-0.3, -0.25) is 9.89 Å². The number of rotatable bonds is 2. The van der Waals surface area contributed by atoms with Crippen molar-refractivity contribution >= 4 is 22.5 Å². The van der Waals surface area contributed by atoms with Gasteiger partial charge in [0.25, 0.3) is 5.91 Å². The minimum atomic E-state index is 0.0755. The van der Waals surface area contributed by atoms with E-state index in [0.29, 0.717) is 5.69 Å². The maximum atomic E-state index is 12.8. The van der Waals surface area contributed by atoms with E-state index in [1.165, 1.54) is 5.69 Å². The predicted octanol–water partition coefficient (Wildman–Crippen LogP) is 2.47. The van der Waals surface area contributed by atoms with Crippen LogP contribution < -0.4 is 4.90 Å². The van der Waals surface area contributed by atoms with E-state index in [4.69, 9.17) is 0 Å². The number of anilines is 1. The summed E-state index contributed by atoms with van der Waals surface area (Å²) < 4.78 is 0. The topological polar surface area (TPSA) is 68.0 Å². The number of aryl methyl sites for hydroxylation is 2. The third-order valence-corrected chi connectivity index (χ3v) is 4.73. The van der Waals surface area contributed by atoms with E-state index in [0.717, 1.165) is 48.5 Å². The monoisotopic (exact) mass is 323 g/mol. The van der Waals surface area contributed by atoms with Gasteiger partial charge in [-0.15, -0.1) is 0 Å². The van der Waals surface area contributed by atoms with Gasteiger partial charge in [-0.1, -0.05) is 18.2 Å². The first kappa shape index (κ1) is 14.8. The SMILES string of the molecule is Cc1n[nH]c(C)c1N1CCN(C(=O)c2cc3ccccc3[nH]2)CC1. The number of amides is 1. The molecule has 2 aromatic heterocycles. The van der Waals surface area contributed by atoms with Crippen LogP contribution >= 0.6 is 0 Å². The molecular weight excluding hydrogens is 302 g/mol. The Morgan fingerprint density at radius 1 is 1.12 bits per heavy atom. The molecule has 3 heterocycles. The van der Waals surface area contributed by atoms with Crippen LogP contribution in [0.3, 0.4) is 0 Å². The minimum Gasteiger partial charge on any atom is -0.365 e. The fourth-order valence-corrected chi connectivity index (χ4v) is 3.50. The van der Waals surface area contributed by atoms with Gasteiger partial charge in [0.2, 0.25) is 0 Å². The van der Waals surface area contributed by atoms with E-state index < -0.39 is 0 Å². The average Bonchev–Trinajstić information content (AvgIpc) is 3.18. The summed E-state index contributed by atoms with van der Waals surface area (Å²) in [4.78, 5) is 20.2. The average molecular weight is 323 g/mol. The normalized spacial score (nSPS) is 15.2. The van der Waals surface area contributed by atoms with Crippen LogP contribution in [0.5, 0.6) is 0 Å². The number of hydrogen-bond donors (Lipinski definition) is 2. The number of aromatic nitrogens is 3. The molecule has 0 saturated carbocycles. The van der Waals surface area contributed by atoms with Crippen LogP contribution in [0.25, 0.3) is 10.9 Å². The zero-order chi connectivity index (χ0) is 16.7. The first-order chi connectivity index (χ1) is 11.6. The van der Waals surface area contributed by atoms with Crippen molar-refractivity contribution in [3.63, 3.8) is 0 Å². The second-order valence-corrected chi connectivity index (χ2v) is 6.33. The second kappa shape index (κ2) is 5.70. The molecule has 24 heavy (non-hydrogen) atoms. The number of para-hydroxylation sites is 1. The Morgan fingerprint density at radius 3 is 2.54 bits per heavy atom. The Hall–Kier alpha value is -2.76. The molecule has 0 atom stereocenters. The number of carbonyl (C=O) groups is 1. The highest BCUT2D eigenvalue weighted by atomic mass is 16.2. The fourth-order valence-electron chi connectivity index (χ4n) is 3.50. The molecule has 124 valence electrons. The third kappa shape index (κ3) is 2.44. The first-order valence-electron chi connectivity index (χ1n) is 8.27. The zero-order valence-corrected chi connectivity index (χ0v) is 14.0. The van der Waals surface area contributed by atoms with Crippen LogP contribution in [-0.2, 0) is 0 Å². The maximum absolute atomic E-state index is 12.8. The molecular formula is C18H21N5O. The molecule has 1 aliphatic heterocycles. The maximum Gasteiger partial charge on any atom is 0.270 e. The summed E-state index contributed by atoms with van der Waals surface area (Å²) in [6.07, 6.45) is 0. The van der Waals surface area contributed by atoms with E-state index in [1.54, 1.807) is 0 Å². The van der Waals surface area contributed by atoms with Crippen LogP contribution in [0.15, 0.2) is 30.3 Å². The number of H-pyrrole nitrogens is 2. The van der Waals surface area contributed by atoms with Crippen molar-refractivity contribution in [1.82, 2.24) is 20.1 Å². The number of nitrogens with one attached hydrogen (secondary N) is 2. The largest absolute Gasteiger partial charge is 0.365 e.